The van der Waals surface area contributed by atoms with Crippen molar-refractivity contribution in [3.05, 3.63) is 0 Å². The summed E-state index contributed by atoms with van der Waals surface area (Å²) < 4.78 is 0. The third-order valence-corrected chi connectivity index (χ3v) is 5.85. The average molecular weight is 221 g/mol. The van der Waals surface area contributed by atoms with Crippen LogP contribution in [0.25, 0.3) is 0 Å². The second-order valence-corrected chi connectivity index (χ2v) is 6.85. The van der Waals surface area contributed by atoms with Crippen molar-refractivity contribution in [2.75, 3.05) is 20.1 Å². The number of hydrogen-bond acceptors (Lipinski definition) is 1. The third kappa shape index (κ3) is 2.03. The Morgan fingerprint density at radius 2 is 1.56 bits per heavy atom. The first-order chi connectivity index (χ1) is 7.77. The van der Waals surface area contributed by atoms with E-state index in [0.29, 0.717) is 0 Å². The fourth-order valence-electron chi connectivity index (χ4n) is 4.63. The lowest BCUT2D eigenvalue weighted by Gasteiger charge is -2.50. The topological polar surface area (TPSA) is 3.24 Å². The van der Waals surface area contributed by atoms with Crippen LogP contribution in [0.3, 0.4) is 0 Å². The summed E-state index contributed by atoms with van der Waals surface area (Å²) in [6.07, 6.45) is 13.9. The minimum absolute atomic E-state index is 0.783. The van der Waals surface area contributed by atoms with Gasteiger partial charge in [0.05, 0.1) is 0 Å². The molecule has 2 aliphatic carbocycles. The van der Waals surface area contributed by atoms with Crippen LogP contribution in [-0.2, 0) is 0 Å². The predicted octanol–water partition coefficient (Wildman–Crippen LogP) is 3.69. The molecular weight excluding hydrogens is 194 g/mol. The van der Waals surface area contributed by atoms with E-state index in [9.17, 15) is 0 Å². The number of rotatable bonds is 0. The smallest absolute Gasteiger partial charge is 0.00165 e. The molecule has 16 heavy (non-hydrogen) atoms. The molecule has 2 saturated carbocycles. The van der Waals surface area contributed by atoms with E-state index in [0.717, 1.165) is 17.3 Å². The molecule has 1 saturated heterocycles. The molecule has 0 N–H and O–H groups in total. The van der Waals surface area contributed by atoms with Gasteiger partial charge in [0, 0.05) is 0 Å². The van der Waals surface area contributed by atoms with Crippen LogP contribution in [-0.4, -0.2) is 25.0 Å². The van der Waals surface area contributed by atoms with E-state index in [2.05, 4.69) is 11.9 Å². The van der Waals surface area contributed by atoms with Gasteiger partial charge in [0.2, 0.25) is 0 Å². The minimum Gasteiger partial charge on any atom is -0.306 e. The molecule has 1 heteroatoms. The molecule has 1 nitrogen and oxygen atoms in total. The number of hydrogen-bond donors (Lipinski definition) is 0. The molecule has 3 fully saturated rings. The van der Waals surface area contributed by atoms with Crippen LogP contribution in [0.1, 0.15) is 57.8 Å². The van der Waals surface area contributed by atoms with E-state index in [1.165, 1.54) is 38.8 Å². The second kappa shape index (κ2) is 4.33. The van der Waals surface area contributed by atoms with Gasteiger partial charge in [-0.25, -0.2) is 0 Å². The zero-order valence-electron chi connectivity index (χ0n) is 10.9. The van der Waals surface area contributed by atoms with Crippen molar-refractivity contribution in [3.63, 3.8) is 0 Å². The molecule has 1 spiro atoms. The lowest BCUT2D eigenvalue weighted by Crippen LogP contribution is -2.43. The van der Waals surface area contributed by atoms with Gasteiger partial charge in [0.15, 0.2) is 0 Å². The van der Waals surface area contributed by atoms with Crippen LogP contribution < -0.4 is 0 Å². The van der Waals surface area contributed by atoms with Gasteiger partial charge in [-0.15, -0.1) is 0 Å². The van der Waals surface area contributed by atoms with Crippen molar-refractivity contribution in [1.82, 2.24) is 4.90 Å². The SMILES string of the molecule is CN1CCC2(CC[C@H]3CCCC[C@H]3C2)CC1. The van der Waals surface area contributed by atoms with Crippen LogP contribution in [0.4, 0.5) is 0 Å². The van der Waals surface area contributed by atoms with E-state index in [4.69, 9.17) is 0 Å². The van der Waals surface area contributed by atoms with Gasteiger partial charge in [-0.05, 0) is 69.5 Å². The molecule has 1 aliphatic heterocycles. The minimum atomic E-state index is 0.783. The molecule has 0 aromatic rings. The standard InChI is InChI=1S/C15H27N/c1-16-10-8-15(9-11-16)7-6-13-4-2-3-5-14(13)12-15/h13-14H,2-12H2,1H3/t13-,14+/m1/s1. The van der Waals surface area contributed by atoms with Crippen LogP contribution in [0.15, 0.2) is 0 Å². The van der Waals surface area contributed by atoms with Gasteiger partial charge >= 0.3 is 0 Å². The highest BCUT2D eigenvalue weighted by molar-refractivity contribution is 4.94. The molecule has 92 valence electrons. The first kappa shape index (κ1) is 11.1. The lowest BCUT2D eigenvalue weighted by molar-refractivity contribution is 0.0121. The second-order valence-electron chi connectivity index (χ2n) is 6.85. The van der Waals surface area contributed by atoms with Crippen LogP contribution in [0.2, 0.25) is 0 Å². The van der Waals surface area contributed by atoms with Crippen LogP contribution in [0, 0.1) is 17.3 Å². The Kier molecular flexibility index (Phi) is 2.99. The fourth-order valence-corrected chi connectivity index (χ4v) is 4.63. The highest BCUT2D eigenvalue weighted by Crippen LogP contribution is 2.52. The highest BCUT2D eigenvalue weighted by atomic mass is 15.1. The number of fused-ring (bicyclic) bond motifs is 1. The van der Waals surface area contributed by atoms with Gasteiger partial charge in [0.25, 0.3) is 0 Å². The monoisotopic (exact) mass is 221 g/mol. The van der Waals surface area contributed by atoms with E-state index < -0.39 is 0 Å². The number of nitrogens with zero attached hydrogens (tertiary/aromatic N) is 1. The Hall–Kier alpha value is -0.0400. The quantitative estimate of drug-likeness (QED) is 0.603. The van der Waals surface area contributed by atoms with E-state index >= 15 is 0 Å². The van der Waals surface area contributed by atoms with Crippen molar-refractivity contribution >= 4 is 0 Å². The van der Waals surface area contributed by atoms with Crippen molar-refractivity contribution in [1.29, 1.82) is 0 Å². The third-order valence-electron chi connectivity index (χ3n) is 5.85. The molecule has 0 aromatic carbocycles. The Morgan fingerprint density at radius 1 is 0.875 bits per heavy atom. The Morgan fingerprint density at radius 3 is 2.31 bits per heavy atom. The molecule has 0 radical (unpaired) electrons. The highest BCUT2D eigenvalue weighted by Gasteiger charge is 2.42. The maximum atomic E-state index is 2.53. The summed E-state index contributed by atoms with van der Waals surface area (Å²) in [5.41, 5.74) is 0.783. The molecule has 3 aliphatic rings. The van der Waals surface area contributed by atoms with Crippen molar-refractivity contribution in [3.8, 4) is 0 Å². The van der Waals surface area contributed by atoms with Gasteiger partial charge in [-0.3, -0.25) is 0 Å². The average Bonchev–Trinajstić information content (AvgIpc) is 2.33. The molecule has 3 rings (SSSR count). The molecule has 0 bridgehead atoms. The maximum absolute atomic E-state index is 2.53. The Balaban J connectivity index is 1.65. The Labute approximate surface area is 101 Å². The zero-order valence-corrected chi connectivity index (χ0v) is 10.9. The number of piperidine rings is 1. The summed E-state index contributed by atoms with van der Waals surface area (Å²) in [4.78, 5) is 2.53. The van der Waals surface area contributed by atoms with Crippen molar-refractivity contribution in [2.45, 2.75) is 57.8 Å². The van der Waals surface area contributed by atoms with Gasteiger partial charge in [0.1, 0.15) is 0 Å². The first-order valence-corrected chi connectivity index (χ1v) is 7.46. The summed E-state index contributed by atoms with van der Waals surface area (Å²) in [7, 11) is 2.29. The summed E-state index contributed by atoms with van der Waals surface area (Å²) in [6, 6.07) is 0. The molecular formula is C15H27N. The first-order valence-electron chi connectivity index (χ1n) is 7.46. The van der Waals surface area contributed by atoms with E-state index in [-0.39, 0.29) is 0 Å². The van der Waals surface area contributed by atoms with Gasteiger partial charge in [-0.1, -0.05) is 25.7 Å². The lowest BCUT2D eigenvalue weighted by atomic mass is 9.58. The van der Waals surface area contributed by atoms with E-state index in [1.807, 2.05) is 0 Å². The molecule has 2 atom stereocenters. The van der Waals surface area contributed by atoms with Gasteiger partial charge < -0.3 is 4.90 Å². The van der Waals surface area contributed by atoms with Gasteiger partial charge in [-0.2, -0.15) is 0 Å². The summed E-state index contributed by atoms with van der Waals surface area (Å²) in [6.45, 7) is 2.72. The number of likely N-dealkylation sites (tertiary alicyclic amines) is 1. The summed E-state index contributed by atoms with van der Waals surface area (Å²) in [5.74, 6) is 2.24. The van der Waals surface area contributed by atoms with Crippen LogP contribution in [0.5, 0.6) is 0 Å². The van der Waals surface area contributed by atoms with Crippen LogP contribution >= 0.6 is 0 Å². The fraction of sp³-hybridized carbons (Fsp3) is 1.00. The van der Waals surface area contributed by atoms with E-state index in [1.54, 1.807) is 32.1 Å². The van der Waals surface area contributed by atoms with Crippen molar-refractivity contribution < 1.29 is 0 Å². The summed E-state index contributed by atoms with van der Waals surface area (Å²) in [5, 5.41) is 0. The van der Waals surface area contributed by atoms with Crippen molar-refractivity contribution in [2.24, 2.45) is 17.3 Å². The largest absolute Gasteiger partial charge is 0.306 e. The normalized spacial score (nSPS) is 39.6. The predicted molar refractivity (Wildman–Crippen MR) is 68.5 cm³/mol. The zero-order chi connectivity index (χ0) is 11.0. The Bertz CT molecular complexity index is 240. The summed E-state index contributed by atoms with van der Waals surface area (Å²) >= 11 is 0. The molecule has 1 heterocycles. The molecule has 0 aromatic heterocycles. The molecule has 0 amide bonds. The molecule has 0 unspecified atom stereocenters. The maximum Gasteiger partial charge on any atom is -0.00165 e.